The summed E-state index contributed by atoms with van der Waals surface area (Å²) in [7, 11) is 0. The monoisotopic (exact) mass is 421 g/mol. The molecular formula is C19H33Cl2N3OS. The summed E-state index contributed by atoms with van der Waals surface area (Å²) >= 11 is 1.74. The predicted octanol–water partition coefficient (Wildman–Crippen LogP) is 4.60. The molecular weight excluding hydrogens is 389 g/mol. The van der Waals surface area contributed by atoms with Gasteiger partial charge in [0.1, 0.15) is 0 Å². The first-order valence-corrected chi connectivity index (χ1v) is 10.4. The number of carbonyl (C=O) groups excluding carboxylic acids is 1. The van der Waals surface area contributed by atoms with Gasteiger partial charge in [-0.05, 0) is 32.6 Å². The van der Waals surface area contributed by atoms with Crippen LogP contribution in [0.3, 0.4) is 0 Å². The SMILES string of the molecule is CC1(N)CCCCC1C(=O)NCCc1nc(C2CCCCC2)cs1.Cl.Cl. The van der Waals surface area contributed by atoms with Crippen LogP contribution in [0.2, 0.25) is 0 Å². The molecule has 3 rings (SSSR count). The number of aromatic nitrogens is 1. The van der Waals surface area contributed by atoms with Gasteiger partial charge < -0.3 is 11.1 Å². The minimum Gasteiger partial charge on any atom is -0.355 e. The standard InChI is InChI=1S/C19H31N3OS.2ClH/c1-19(20)11-6-5-9-15(19)18(23)21-12-10-17-22-16(13-24-17)14-7-3-2-4-8-14;;/h13-15H,2-12,20H2,1H3,(H,21,23);2*1H. The average molecular weight is 422 g/mol. The molecule has 1 aromatic heterocycles. The highest BCUT2D eigenvalue weighted by atomic mass is 35.5. The molecule has 0 aromatic carbocycles. The maximum atomic E-state index is 12.4. The third-order valence-electron chi connectivity index (χ3n) is 5.80. The van der Waals surface area contributed by atoms with Gasteiger partial charge in [-0.3, -0.25) is 4.79 Å². The Balaban J connectivity index is 0.00000169. The van der Waals surface area contributed by atoms with Gasteiger partial charge in [0, 0.05) is 29.8 Å². The number of nitrogens with zero attached hydrogens (tertiary/aromatic N) is 1. The molecule has 7 heteroatoms. The van der Waals surface area contributed by atoms with Gasteiger partial charge in [-0.25, -0.2) is 4.98 Å². The van der Waals surface area contributed by atoms with Crippen molar-refractivity contribution in [3.8, 4) is 0 Å². The Bertz CT molecular complexity index is 559. The van der Waals surface area contributed by atoms with E-state index in [2.05, 4.69) is 10.7 Å². The summed E-state index contributed by atoms with van der Waals surface area (Å²) in [6.45, 7) is 2.69. The van der Waals surface area contributed by atoms with Crippen LogP contribution in [0, 0.1) is 5.92 Å². The summed E-state index contributed by atoms with van der Waals surface area (Å²) in [6.07, 6.45) is 11.6. The lowest BCUT2D eigenvalue weighted by molar-refractivity contribution is -0.128. The highest BCUT2D eigenvalue weighted by Crippen LogP contribution is 2.33. The van der Waals surface area contributed by atoms with Crippen LogP contribution in [0.4, 0.5) is 0 Å². The van der Waals surface area contributed by atoms with Gasteiger partial charge in [-0.2, -0.15) is 0 Å². The van der Waals surface area contributed by atoms with Gasteiger partial charge in [0.2, 0.25) is 5.91 Å². The fourth-order valence-corrected chi connectivity index (χ4v) is 5.11. The van der Waals surface area contributed by atoms with Crippen LogP contribution in [0.1, 0.15) is 81.3 Å². The van der Waals surface area contributed by atoms with E-state index < -0.39 is 0 Å². The first kappa shape index (κ1) is 23.7. The highest BCUT2D eigenvalue weighted by molar-refractivity contribution is 7.09. The zero-order chi connectivity index (χ0) is 17.0. The highest BCUT2D eigenvalue weighted by Gasteiger charge is 2.37. The van der Waals surface area contributed by atoms with Gasteiger partial charge in [0.25, 0.3) is 0 Å². The summed E-state index contributed by atoms with van der Waals surface area (Å²) in [4.78, 5) is 17.3. The molecule has 150 valence electrons. The van der Waals surface area contributed by atoms with E-state index >= 15 is 0 Å². The number of rotatable bonds is 5. The second-order valence-electron chi connectivity index (χ2n) is 7.85. The number of nitrogens with two attached hydrogens (primary N) is 1. The number of thiazole rings is 1. The lowest BCUT2D eigenvalue weighted by Gasteiger charge is -2.37. The fourth-order valence-electron chi connectivity index (χ4n) is 4.23. The summed E-state index contributed by atoms with van der Waals surface area (Å²) in [5.41, 5.74) is 7.25. The van der Waals surface area contributed by atoms with Crippen molar-refractivity contribution in [1.29, 1.82) is 0 Å². The molecule has 0 aliphatic heterocycles. The van der Waals surface area contributed by atoms with Crippen LogP contribution in [-0.2, 0) is 11.2 Å². The number of amides is 1. The summed E-state index contributed by atoms with van der Waals surface area (Å²) in [5.74, 6) is 0.752. The molecule has 0 saturated heterocycles. The summed E-state index contributed by atoms with van der Waals surface area (Å²) in [5, 5.41) is 6.47. The molecule has 0 radical (unpaired) electrons. The Morgan fingerprint density at radius 3 is 2.62 bits per heavy atom. The van der Waals surface area contributed by atoms with Crippen LogP contribution < -0.4 is 11.1 Å². The molecule has 1 heterocycles. The molecule has 0 bridgehead atoms. The van der Waals surface area contributed by atoms with Gasteiger partial charge >= 0.3 is 0 Å². The molecule has 2 aliphatic carbocycles. The largest absolute Gasteiger partial charge is 0.355 e. The van der Waals surface area contributed by atoms with E-state index in [9.17, 15) is 4.79 Å². The summed E-state index contributed by atoms with van der Waals surface area (Å²) < 4.78 is 0. The molecule has 26 heavy (non-hydrogen) atoms. The fraction of sp³-hybridized carbons (Fsp3) is 0.789. The molecule has 1 amide bonds. The Kier molecular flexibility index (Phi) is 9.87. The quantitative estimate of drug-likeness (QED) is 0.729. The number of hydrogen-bond acceptors (Lipinski definition) is 4. The van der Waals surface area contributed by atoms with Crippen molar-refractivity contribution in [2.45, 2.75) is 82.6 Å². The second kappa shape index (κ2) is 10.8. The number of hydrogen-bond donors (Lipinski definition) is 2. The maximum absolute atomic E-state index is 12.4. The van der Waals surface area contributed by atoms with Crippen molar-refractivity contribution in [3.05, 3.63) is 16.1 Å². The van der Waals surface area contributed by atoms with Crippen LogP contribution >= 0.6 is 36.2 Å². The molecule has 1 aromatic rings. The van der Waals surface area contributed by atoms with Crippen LogP contribution in [-0.4, -0.2) is 23.0 Å². The number of nitrogens with one attached hydrogen (secondary N) is 1. The van der Waals surface area contributed by atoms with Crippen molar-refractivity contribution in [1.82, 2.24) is 10.3 Å². The minimum atomic E-state index is -0.350. The van der Waals surface area contributed by atoms with E-state index in [1.807, 2.05) is 6.92 Å². The first-order valence-electron chi connectivity index (χ1n) is 9.57. The van der Waals surface area contributed by atoms with Crippen molar-refractivity contribution in [2.75, 3.05) is 6.54 Å². The van der Waals surface area contributed by atoms with Crippen LogP contribution in [0.15, 0.2) is 5.38 Å². The topological polar surface area (TPSA) is 68.0 Å². The van der Waals surface area contributed by atoms with E-state index in [1.54, 1.807) is 11.3 Å². The second-order valence-corrected chi connectivity index (χ2v) is 8.79. The van der Waals surface area contributed by atoms with Crippen molar-refractivity contribution < 1.29 is 4.79 Å². The maximum Gasteiger partial charge on any atom is 0.224 e. The summed E-state index contributed by atoms with van der Waals surface area (Å²) in [6, 6.07) is 0. The van der Waals surface area contributed by atoms with Crippen molar-refractivity contribution >= 4 is 42.1 Å². The zero-order valence-electron chi connectivity index (χ0n) is 15.7. The van der Waals surface area contributed by atoms with Crippen molar-refractivity contribution in [3.63, 3.8) is 0 Å². The molecule has 2 aliphatic rings. The number of halogens is 2. The third-order valence-corrected chi connectivity index (χ3v) is 6.73. The molecule has 2 saturated carbocycles. The van der Waals surface area contributed by atoms with E-state index in [4.69, 9.17) is 10.7 Å². The van der Waals surface area contributed by atoms with Crippen LogP contribution in [0.5, 0.6) is 0 Å². The van der Waals surface area contributed by atoms with Gasteiger partial charge in [-0.1, -0.05) is 32.1 Å². The number of carbonyl (C=O) groups is 1. The Morgan fingerprint density at radius 1 is 1.23 bits per heavy atom. The van der Waals surface area contributed by atoms with Crippen molar-refractivity contribution in [2.24, 2.45) is 11.7 Å². The molecule has 0 spiro atoms. The lowest BCUT2D eigenvalue weighted by Crippen LogP contribution is -2.53. The smallest absolute Gasteiger partial charge is 0.224 e. The first-order chi connectivity index (χ1) is 11.6. The van der Waals surface area contributed by atoms with E-state index in [-0.39, 0.29) is 42.2 Å². The molecule has 2 atom stereocenters. The van der Waals surface area contributed by atoms with E-state index in [0.717, 1.165) is 37.1 Å². The zero-order valence-corrected chi connectivity index (χ0v) is 18.1. The van der Waals surface area contributed by atoms with Gasteiger partial charge in [0.05, 0.1) is 16.6 Å². The van der Waals surface area contributed by atoms with Gasteiger partial charge in [0.15, 0.2) is 0 Å². The average Bonchev–Trinajstić information content (AvgIpc) is 3.04. The predicted molar refractivity (Wildman–Crippen MR) is 114 cm³/mol. The molecule has 2 fully saturated rings. The van der Waals surface area contributed by atoms with E-state index in [0.29, 0.717) is 12.5 Å². The minimum absolute atomic E-state index is 0. The Morgan fingerprint density at radius 2 is 1.92 bits per heavy atom. The van der Waals surface area contributed by atoms with E-state index in [1.165, 1.54) is 37.8 Å². The van der Waals surface area contributed by atoms with Crippen LogP contribution in [0.25, 0.3) is 0 Å². The lowest BCUT2D eigenvalue weighted by atomic mass is 9.74. The van der Waals surface area contributed by atoms with Gasteiger partial charge in [-0.15, -0.1) is 36.2 Å². The third kappa shape index (κ3) is 6.08. The Hall–Kier alpha value is -0.360. The molecule has 4 nitrogen and oxygen atoms in total. The molecule has 3 N–H and O–H groups in total. The molecule has 2 unspecified atom stereocenters. The normalized spacial score (nSPS) is 26.5. The Labute approximate surface area is 173 Å².